The summed E-state index contributed by atoms with van der Waals surface area (Å²) in [4.78, 5) is 0. The van der Waals surface area contributed by atoms with Gasteiger partial charge >= 0.3 is 0 Å². The van der Waals surface area contributed by atoms with E-state index >= 15 is 0 Å². The van der Waals surface area contributed by atoms with E-state index in [4.69, 9.17) is 11.6 Å². The van der Waals surface area contributed by atoms with Gasteiger partial charge in [-0.15, -0.1) is 0 Å². The molecule has 0 aliphatic heterocycles. The highest BCUT2D eigenvalue weighted by Gasteiger charge is 2.14. The molecular weight excluding hydrogens is 254 g/mol. The molecule has 0 saturated heterocycles. The van der Waals surface area contributed by atoms with Crippen molar-refractivity contribution in [3.8, 4) is 0 Å². The van der Waals surface area contributed by atoms with Gasteiger partial charge in [0.2, 0.25) is 0 Å². The molecule has 1 radical (unpaired) electrons. The van der Waals surface area contributed by atoms with Gasteiger partial charge in [0, 0.05) is 16.6 Å². The fraction of sp³-hybridized carbons (Fsp3) is 0.118. The molecule has 0 spiro atoms. The Morgan fingerprint density at radius 2 is 1.79 bits per heavy atom. The van der Waals surface area contributed by atoms with Crippen LogP contribution >= 0.6 is 11.6 Å². The molecule has 1 nitrogen and oxygen atoms in total. The van der Waals surface area contributed by atoms with E-state index in [-0.39, 0.29) is 6.04 Å². The molecule has 3 aromatic rings. The number of hydrogen-bond donors (Lipinski definition) is 0. The second-order valence-corrected chi connectivity index (χ2v) is 5.02. The minimum atomic E-state index is 0.247. The van der Waals surface area contributed by atoms with Gasteiger partial charge in [0.05, 0.1) is 11.6 Å². The van der Waals surface area contributed by atoms with Crippen LogP contribution in [0.2, 0.25) is 5.02 Å². The lowest BCUT2D eigenvalue weighted by Gasteiger charge is -2.19. The predicted octanol–water partition coefficient (Wildman–Crippen LogP) is 5.11. The van der Waals surface area contributed by atoms with E-state index in [1.165, 1.54) is 5.56 Å². The van der Waals surface area contributed by atoms with Crippen molar-refractivity contribution in [2.45, 2.75) is 12.5 Å². The highest BCUT2D eigenvalue weighted by atomic mass is 35.5. The van der Waals surface area contributed by atoms with Gasteiger partial charge in [-0.2, -0.15) is 0 Å². The smallest absolute Gasteiger partial charge is 0.0585 e. The van der Waals surface area contributed by atoms with Crippen molar-refractivity contribution in [3.63, 3.8) is 0 Å². The Hall–Kier alpha value is -1.73. The van der Waals surface area contributed by atoms with E-state index in [1.54, 1.807) is 0 Å². The first kappa shape index (κ1) is 12.3. The topological polar surface area (TPSA) is 4.93 Å². The first-order chi connectivity index (χ1) is 9.31. The van der Waals surface area contributed by atoms with Crippen molar-refractivity contribution in [1.29, 1.82) is 0 Å². The maximum Gasteiger partial charge on any atom is 0.0585 e. The van der Waals surface area contributed by atoms with E-state index in [2.05, 4.69) is 54.1 Å². The first-order valence-electron chi connectivity index (χ1n) is 6.40. The number of hydrogen-bond acceptors (Lipinski definition) is 0. The summed E-state index contributed by atoms with van der Waals surface area (Å²) in [6.45, 7) is 4.09. The summed E-state index contributed by atoms with van der Waals surface area (Å²) in [5, 5.41) is 1.89. The zero-order valence-electron chi connectivity index (χ0n) is 10.6. The zero-order chi connectivity index (χ0) is 13.2. The van der Waals surface area contributed by atoms with Gasteiger partial charge in [-0.3, -0.25) is 0 Å². The summed E-state index contributed by atoms with van der Waals surface area (Å²) in [5.74, 6) is 0. The molecule has 2 aromatic carbocycles. The van der Waals surface area contributed by atoms with Crippen LogP contribution in [0.1, 0.15) is 18.0 Å². The van der Waals surface area contributed by atoms with Crippen molar-refractivity contribution >= 4 is 22.5 Å². The second kappa shape index (κ2) is 5.10. The predicted molar refractivity (Wildman–Crippen MR) is 81.5 cm³/mol. The van der Waals surface area contributed by atoms with Crippen LogP contribution in [0.25, 0.3) is 10.9 Å². The molecule has 0 fully saturated rings. The first-order valence-corrected chi connectivity index (χ1v) is 6.78. The standard InChI is InChI=1S/C17H15ClN/c1-2-16(13-7-4-3-5-8-13)19-12-11-14-15(18)9-6-10-17(14)19/h3-12,16H,1-2H2/t16-/m1/s1. The Balaban J connectivity index is 2.15. The molecule has 1 aromatic heterocycles. The lowest BCUT2D eigenvalue weighted by Crippen LogP contribution is -2.08. The zero-order valence-corrected chi connectivity index (χ0v) is 11.3. The van der Waals surface area contributed by atoms with Crippen molar-refractivity contribution < 1.29 is 0 Å². The van der Waals surface area contributed by atoms with Gasteiger partial charge in [0.25, 0.3) is 0 Å². The molecule has 0 aliphatic rings. The summed E-state index contributed by atoms with van der Waals surface area (Å²) in [6.07, 6.45) is 2.90. The molecule has 1 heterocycles. The SMILES string of the molecule is [CH2]C[C@H](c1ccccc1)n1ccc2c(Cl)cccc21. The molecule has 95 valence electrons. The summed E-state index contributed by atoms with van der Waals surface area (Å²) in [6, 6.07) is 18.8. The van der Waals surface area contributed by atoms with E-state index in [9.17, 15) is 0 Å². The van der Waals surface area contributed by atoms with Gasteiger partial charge in [-0.1, -0.05) is 54.9 Å². The van der Waals surface area contributed by atoms with Crippen LogP contribution in [-0.4, -0.2) is 4.57 Å². The maximum absolute atomic E-state index is 6.24. The molecule has 0 amide bonds. The van der Waals surface area contributed by atoms with Crippen LogP contribution in [0.5, 0.6) is 0 Å². The summed E-state index contributed by atoms with van der Waals surface area (Å²) in [7, 11) is 0. The molecule has 19 heavy (non-hydrogen) atoms. The summed E-state index contributed by atoms with van der Waals surface area (Å²) >= 11 is 6.24. The van der Waals surface area contributed by atoms with E-state index < -0.39 is 0 Å². The third kappa shape index (κ3) is 2.15. The quantitative estimate of drug-likeness (QED) is 0.622. The molecule has 3 rings (SSSR count). The normalized spacial score (nSPS) is 12.7. The van der Waals surface area contributed by atoms with Gasteiger partial charge < -0.3 is 4.57 Å². The van der Waals surface area contributed by atoms with E-state index in [0.29, 0.717) is 0 Å². The summed E-state index contributed by atoms with van der Waals surface area (Å²) in [5.41, 5.74) is 2.43. The Kier molecular flexibility index (Phi) is 3.31. The number of nitrogens with zero attached hydrogens (tertiary/aromatic N) is 1. The van der Waals surface area contributed by atoms with Gasteiger partial charge in [0.1, 0.15) is 0 Å². The average molecular weight is 269 g/mol. The minimum Gasteiger partial charge on any atom is -0.340 e. The Morgan fingerprint density at radius 3 is 2.53 bits per heavy atom. The lowest BCUT2D eigenvalue weighted by atomic mass is 10.0. The number of benzene rings is 2. The Bertz CT molecular complexity index is 685. The van der Waals surface area contributed by atoms with Crippen LogP contribution in [0.3, 0.4) is 0 Å². The molecular formula is C17H15ClN. The Labute approximate surface area is 118 Å². The molecule has 0 N–H and O–H groups in total. The van der Waals surface area contributed by atoms with E-state index in [0.717, 1.165) is 22.3 Å². The van der Waals surface area contributed by atoms with Crippen molar-refractivity contribution in [1.82, 2.24) is 4.57 Å². The molecule has 0 saturated carbocycles. The van der Waals surface area contributed by atoms with Crippen LogP contribution in [0.4, 0.5) is 0 Å². The molecule has 0 bridgehead atoms. The Morgan fingerprint density at radius 1 is 1.00 bits per heavy atom. The van der Waals surface area contributed by atoms with Crippen LogP contribution in [0, 0.1) is 6.92 Å². The number of rotatable bonds is 3. The van der Waals surface area contributed by atoms with Gasteiger partial charge in [0.15, 0.2) is 0 Å². The average Bonchev–Trinajstić information content (AvgIpc) is 2.87. The monoisotopic (exact) mass is 268 g/mol. The van der Waals surface area contributed by atoms with Crippen molar-refractivity contribution in [2.24, 2.45) is 0 Å². The summed E-state index contributed by atoms with van der Waals surface area (Å²) < 4.78 is 2.25. The van der Waals surface area contributed by atoms with Crippen molar-refractivity contribution in [2.75, 3.05) is 0 Å². The molecule has 2 heteroatoms. The highest BCUT2D eigenvalue weighted by Crippen LogP contribution is 2.30. The van der Waals surface area contributed by atoms with Crippen LogP contribution in [-0.2, 0) is 0 Å². The minimum absolute atomic E-state index is 0.247. The fourth-order valence-electron chi connectivity index (χ4n) is 2.56. The number of aromatic nitrogens is 1. The molecule has 0 unspecified atom stereocenters. The third-order valence-corrected chi connectivity index (χ3v) is 3.83. The maximum atomic E-state index is 6.24. The highest BCUT2D eigenvalue weighted by molar-refractivity contribution is 6.35. The van der Waals surface area contributed by atoms with Crippen LogP contribution in [0.15, 0.2) is 60.8 Å². The second-order valence-electron chi connectivity index (χ2n) is 4.61. The van der Waals surface area contributed by atoms with Crippen molar-refractivity contribution in [3.05, 3.63) is 78.3 Å². The number of halogens is 1. The largest absolute Gasteiger partial charge is 0.340 e. The van der Waals surface area contributed by atoms with Gasteiger partial charge in [-0.25, -0.2) is 0 Å². The molecule has 1 atom stereocenters. The van der Waals surface area contributed by atoms with Gasteiger partial charge in [-0.05, 0) is 30.2 Å². The third-order valence-electron chi connectivity index (χ3n) is 3.50. The lowest BCUT2D eigenvalue weighted by molar-refractivity contribution is 0.611. The van der Waals surface area contributed by atoms with Crippen LogP contribution < -0.4 is 0 Å². The number of fused-ring (bicyclic) bond motifs is 1. The molecule has 0 aliphatic carbocycles. The van der Waals surface area contributed by atoms with E-state index in [1.807, 2.05) is 18.2 Å². The fourth-order valence-corrected chi connectivity index (χ4v) is 2.80.